The summed E-state index contributed by atoms with van der Waals surface area (Å²) >= 11 is 0. The molecule has 0 spiro atoms. The zero-order valence-corrected chi connectivity index (χ0v) is 14.7. The maximum absolute atomic E-state index is 13.0. The molecule has 0 aliphatic carbocycles. The molecule has 1 aliphatic rings. The van der Waals surface area contributed by atoms with E-state index in [4.69, 9.17) is 0 Å². The molecule has 136 valence electrons. The fourth-order valence-electron chi connectivity index (χ4n) is 3.42. The van der Waals surface area contributed by atoms with Crippen LogP contribution in [-0.4, -0.2) is 23.3 Å². The summed E-state index contributed by atoms with van der Waals surface area (Å²) in [5.74, 6) is -0.901. The molecular formula is C22H19FN2O2. The summed E-state index contributed by atoms with van der Waals surface area (Å²) in [6.07, 6.45) is 0.195. The molecule has 1 N–H and O–H groups in total. The number of anilines is 1. The van der Waals surface area contributed by atoms with Gasteiger partial charge >= 0.3 is 0 Å². The molecule has 2 amide bonds. The number of amides is 2. The molecule has 0 radical (unpaired) electrons. The number of nitrogens with zero attached hydrogens (tertiary/aromatic N) is 1. The van der Waals surface area contributed by atoms with Crippen LogP contribution in [0.5, 0.6) is 0 Å². The molecule has 1 saturated heterocycles. The number of hydrogen-bond donors (Lipinski definition) is 1. The first kappa shape index (κ1) is 17.2. The van der Waals surface area contributed by atoms with Crippen molar-refractivity contribution in [2.45, 2.75) is 13.0 Å². The van der Waals surface area contributed by atoms with Gasteiger partial charge in [0, 0.05) is 25.2 Å². The third-order valence-electron chi connectivity index (χ3n) is 4.89. The first-order chi connectivity index (χ1) is 13.1. The predicted molar refractivity (Wildman–Crippen MR) is 103 cm³/mol. The van der Waals surface area contributed by atoms with Crippen LogP contribution in [0, 0.1) is 11.7 Å². The van der Waals surface area contributed by atoms with E-state index in [2.05, 4.69) is 5.32 Å². The lowest BCUT2D eigenvalue weighted by atomic mass is 10.1. The number of benzene rings is 3. The van der Waals surface area contributed by atoms with Crippen molar-refractivity contribution in [2.75, 3.05) is 11.9 Å². The van der Waals surface area contributed by atoms with E-state index in [1.54, 1.807) is 17.0 Å². The number of halogens is 1. The molecule has 3 aromatic carbocycles. The van der Waals surface area contributed by atoms with E-state index in [1.807, 2.05) is 42.5 Å². The van der Waals surface area contributed by atoms with Crippen molar-refractivity contribution in [3.8, 4) is 0 Å². The fourth-order valence-corrected chi connectivity index (χ4v) is 3.42. The van der Waals surface area contributed by atoms with Gasteiger partial charge in [-0.15, -0.1) is 0 Å². The molecule has 5 heteroatoms. The Bertz CT molecular complexity index is 1000. The molecular weight excluding hydrogens is 343 g/mol. The third kappa shape index (κ3) is 3.82. The van der Waals surface area contributed by atoms with Gasteiger partial charge in [0.15, 0.2) is 0 Å². The molecule has 4 nitrogen and oxygen atoms in total. The molecule has 4 rings (SSSR count). The van der Waals surface area contributed by atoms with Crippen LogP contribution < -0.4 is 5.32 Å². The first-order valence-corrected chi connectivity index (χ1v) is 8.90. The van der Waals surface area contributed by atoms with Crippen LogP contribution in [0.4, 0.5) is 10.1 Å². The number of hydrogen-bond acceptors (Lipinski definition) is 2. The van der Waals surface area contributed by atoms with Gasteiger partial charge in [0.1, 0.15) is 5.82 Å². The van der Waals surface area contributed by atoms with Crippen LogP contribution in [-0.2, 0) is 16.1 Å². The number of rotatable bonds is 4. The minimum Gasteiger partial charge on any atom is -0.338 e. The highest BCUT2D eigenvalue weighted by Gasteiger charge is 2.34. The summed E-state index contributed by atoms with van der Waals surface area (Å²) in [5.41, 5.74) is 1.57. The number of fused-ring (bicyclic) bond motifs is 1. The molecule has 3 aromatic rings. The molecule has 1 fully saturated rings. The van der Waals surface area contributed by atoms with E-state index < -0.39 is 0 Å². The minimum absolute atomic E-state index is 0.0574. The Morgan fingerprint density at radius 2 is 1.78 bits per heavy atom. The van der Waals surface area contributed by atoms with Crippen LogP contribution in [0.25, 0.3) is 10.8 Å². The number of carbonyl (C=O) groups excluding carboxylic acids is 2. The maximum Gasteiger partial charge on any atom is 0.229 e. The molecule has 1 atom stereocenters. The standard InChI is InChI=1S/C22H19FN2O2/c23-19-8-5-15(6-9-19)13-25-14-18(12-21(25)26)22(27)24-20-10-7-16-3-1-2-4-17(16)11-20/h1-11,18H,12-14H2,(H,24,27). The third-order valence-corrected chi connectivity index (χ3v) is 4.89. The normalized spacial score (nSPS) is 16.7. The second kappa shape index (κ2) is 7.19. The van der Waals surface area contributed by atoms with Crippen LogP contribution in [0.3, 0.4) is 0 Å². The largest absolute Gasteiger partial charge is 0.338 e. The molecule has 0 bridgehead atoms. The smallest absolute Gasteiger partial charge is 0.229 e. The van der Waals surface area contributed by atoms with Gasteiger partial charge in [-0.05, 0) is 40.6 Å². The second-order valence-electron chi connectivity index (χ2n) is 6.85. The minimum atomic E-state index is -0.385. The first-order valence-electron chi connectivity index (χ1n) is 8.90. The van der Waals surface area contributed by atoms with Gasteiger partial charge in [-0.1, -0.05) is 42.5 Å². The summed E-state index contributed by atoms with van der Waals surface area (Å²) in [6.45, 7) is 0.758. The Kier molecular flexibility index (Phi) is 4.59. The quantitative estimate of drug-likeness (QED) is 0.764. The van der Waals surface area contributed by atoms with Gasteiger partial charge in [0.25, 0.3) is 0 Å². The summed E-state index contributed by atoms with van der Waals surface area (Å²) in [5, 5.41) is 5.08. The van der Waals surface area contributed by atoms with Crippen molar-refractivity contribution in [3.63, 3.8) is 0 Å². The van der Waals surface area contributed by atoms with E-state index in [-0.39, 0.29) is 30.0 Å². The van der Waals surface area contributed by atoms with Crippen LogP contribution in [0.1, 0.15) is 12.0 Å². The Morgan fingerprint density at radius 1 is 1.04 bits per heavy atom. The average molecular weight is 362 g/mol. The lowest BCUT2D eigenvalue weighted by Crippen LogP contribution is -2.28. The molecule has 1 heterocycles. The van der Waals surface area contributed by atoms with Crippen molar-refractivity contribution >= 4 is 28.3 Å². The number of carbonyl (C=O) groups is 2. The van der Waals surface area contributed by atoms with Crippen molar-refractivity contribution in [1.82, 2.24) is 4.90 Å². The highest BCUT2D eigenvalue weighted by Crippen LogP contribution is 2.24. The van der Waals surface area contributed by atoms with E-state index in [1.165, 1.54) is 12.1 Å². The summed E-state index contributed by atoms with van der Waals surface area (Å²) in [4.78, 5) is 26.5. The second-order valence-corrected chi connectivity index (χ2v) is 6.85. The molecule has 1 unspecified atom stereocenters. The zero-order valence-electron chi connectivity index (χ0n) is 14.7. The van der Waals surface area contributed by atoms with E-state index >= 15 is 0 Å². The van der Waals surface area contributed by atoms with Gasteiger partial charge in [-0.3, -0.25) is 9.59 Å². The lowest BCUT2D eigenvalue weighted by Gasteiger charge is -2.17. The highest BCUT2D eigenvalue weighted by molar-refractivity contribution is 5.98. The SMILES string of the molecule is O=C(Nc1ccc2ccccc2c1)C1CC(=O)N(Cc2ccc(F)cc2)C1. The summed E-state index contributed by atoms with van der Waals surface area (Å²) < 4.78 is 13.0. The predicted octanol–water partition coefficient (Wildman–Crippen LogP) is 3.97. The monoisotopic (exact) mass is 362 g/mol. The van der Waals surface area contributed by atoms with Gasteiger partial charge in [0.05, 0.1) is 5.92 Å². The van der Waals surface area contributed by atoms with Gasteiger partial charge in [0.2, 0.25) is 11.8 Å². The maximum atomic E-state index is 13.0. The Morgan fingerprint density at radius 3 is 2.56 bits per heavy atom. The average Bonchev–Trinajstić information content (AvgIpc) is 3.04. The Balaban J connectivity index is 1.41. The summed E-state index contributed by atoms with van der Waals surface area (Å²) in [6, 6.07) is 19.8. The van der Waals surface area contributed by atoms with E-state index in [0.717, 1.165) is 22.0 Å². The number of nitrogens with one attached hydrogen (secondary N) is 1. The number of likely N-dealkylation sites (tertiary alicyclic amines) is 1. The Labute approximate surface area is 156 Å². The molecule has 0 aromatic heterocycles. The molecule has 0 saturated carbocycles. The molecule has 27 heavy (non-hydrogen) atoms. The molecule has 1 aliphatic heterocycles. The van der Waals surface area contributed by atoms with Gasteiger partial charge < -0.3 is 10.2 Å². The summed E-state index contributed by atoms with van der Waals surface area (Å²) in [7, 11) is 0. The van der Waals surface area contributed by atoms with E-state index in [0.29, 0.717) is 13.1 Å². The van der Waals surface area contributed by atoms with Crippen LogP contribution >= 0.6 is 0 Å². The highest BCUT2D eigenvalue weighted by atomic mass is 19.1. The van der Waals surface area contributed by atoms with Crippen molar-refractivity contribution in [1.29, 1.82) is 0 Å². The zero-order chi connectivity index (χ0) is 18.8. The lowest BCUT2D eigenvalue weighted by molar-refractivity contribution is -0.128. The van der Waals surface area contributed by atoms with E-state index in [9.17, 15) is 14.0 Å². The topological polar surface area (TPSA) is 49.4 Å². The van der Waals surface area contributed by atoms with Crippen molar-refractivity contribution < 1.29 is 14.0 Å². The Hall–Kier alpha value is -3.21. The fraction of sp³-hybridized carbons (Fsp3) is 0.182. The van der Waals surface area contributed by atoms with Gasteiger partial charge in [-0.25, -0.2) is 4.39 Å². The van der Waals surface area contributed by atoms with Crippen molar-refractivity contribution in [3.05, 3.63) is 78.1 Å². The van der Waals surface area contributed by atoms with Crippen molar-refractivity contribution in [2.24, 2.45) is 5.92 Å². The van der Waals surface area contributed by atoms with Crippen LogP contribution in [0.2, 0.25) is 0 Å². The van der Waals surface area contributed by atoms with Crippen LogP contribution in [0.15, 0.2) is 66.7 Å². The van der Waals surface area contributed by atoms with Gasteiger partial charge in [-0.2, -0.15) is 0 Å².